The van der Waals surface area contributed by atoms with Crippen LogP contribution in [-0.4, -0.2) is 56.3 Å². The smallest absolute Gasteiger partial charge is 0.180 e. The summed E-state index contributed by atoms with van der Waals surface area (Å²) in [6, 6.07) is 9.60. The molecule has 0 unspecified atom stereocenters. The number of hydrogen-bond acceptors (Lipinski definition) is 5. The lowest BCUT2D eigenvalue weighted by Gasteiger charge is -2.31. The van der Waals surface area contributed by atoms with Crippen LogP contribution in [0.1, 0.15) is 17.8 Å². The number of rotatable bonds is 5. The highest BCUT2D eigenvalue weighted by atomic mass is 32.2. The van der Waals surface area contributed by atoms with E-state index in [1.165, 1.54) is 0 Å². The fourth-order valence-corrected chi connectivity index (χ4v) is 3.59. The minimum Gasteiger partial charge on any atom is -0.367 e. The lowest BCUT2D eigenvalue weighted by atomic mass is 10.2. The summed E-state index contributed by atoms with van der Waals surface area (Å²) in [7, 11) is -0.957. The lowest BCUT2D eigenvalue weighted by Crippen LogP contribution is -2.40. The summed E-state index contributed by atoms with van der Waals surface area (Å²) < 4.78 is 18.0. The maximum atomic E-state index is 12.3. The van der Waals surface area contributed by atoms with Gasteiger partial charge in [0.25, 0.3) is 0 Å². The van der Waals surface area contributed by atoms with Crippen molar-refractivity contribution >= 4 is 10.8 Å². The summed E-state index contributed by atoms with van der Waals surface area (Å²) in [4.78, 5) is 7.48. The number of aryl methyl sites for hydroxylation is 1. The average molecular weight is 320 g/mol. The first-order valence-electron chi connectivity index (χ1n) is 7.38. The van der Waals surface area contributed by atoms with E-state index in [0.29, 0.717) is 18.2 Å². The Morgan fingerprint density at radius 2 is 2.23 bits per heavy atom. The van der Waals surface area contributed by atoms with Gasteiger partial charge in [0.05, 0.1) is 17.4 Å². The zero-order valence-corrected chi connectivity index (χ0v) is 13.4. The van der Waals surface area contributed by atoms with Crippen LogP contribution in [-0.2, 0) is 15.5 Å². The molecule has 1 N–H and O–H groups in total. The molecule has 1 saturated heterocycles. The minimum absolute atomic E-state index is 0.108. The van der Waals surface area contributed by atoms with Gasteiger partial charge in [-0.05, 0) is 19.1 Å². The monoisotopic (exact) mass is 320 g/mol. The largest absolute Gasteiger partial charge is 0.367 e. The third-order valence-corrected chi connectivity index (χ3v) is 5.00. The molecule has 118 valence electrons. The molecule has 0 saturated carbocycles. The Balaban J connectivity index is 1.53. The Hall–Kier alpha value is -1.57. The third-order valence-electron chi connectivity index (χ3n) is 3.65. The van der Waals surface area contributed by atoms with Crippen LogP contribution in [0.3, 0.4) is 0 Å². The molecular weight excluding hydrogens is 300 g/mol. The summed E-state index contributed by atoms with van der Waals surface area (Å²) >= 11 is 0. The summed E-state index contributed by atoms with van der Waals surface area (Å²) in [6.45, 7) is 4.90. The predicted molar refractivity (Wildman–Crippen MR) is 84.0 cm³/mol. The predicted octanol–water partition coefficient (Wildman–Crippen LogP) is 1.29. The molecule has 6 nitrogen and oxygen atoms in total. The zero-order valence-electron chi connectivity index (χ0n) is 12.6. The van der Waals surface area contributed by atoms with E-state index >= 15 is 0 Å². The van der Waals surface area contributed by atoms with E-state index in [-0.39, 0.29) is 6.10 Å². The highest BCUT2D eigenvalue weighted by Gasteiger charge is 2.25. The van der Waals surface area contributed by atoms with E-state index in [1.807, 2.05) is 37.3 Å². The number of aromatic nitrogens is 3. The Morgan fingerprint density at radius 3 is 2.95 bits per heavy atom. The van der Waals surface area contributed by atoms with Crippen LogP contribution < -0.4 is 0 Å². The van der Waals surface area contributed by atoms with Crippen LogP contribution in [0, 0.1) is 6.92 Å². The normalized spacial score (nSPS) is 20.9. The van der Waals surface area contributed by atoms with Gasteiger partial charge in [-0.25, -0.2) is 4.98 Å². The maximum absolute atomic E-state index is 12.3. The van der Waals surface area contributed by atoms with Crippen molar-refractivity contribution in [3.63, 3.8) is 0 Å². The molecule has 1 aromatic carbocycles. The van der Waals surface area contributed by atoms with Crippen LogP contribution in [0.5, 0.6) is 0 Å². The first-order valence-corrected chi connectivity index (χ1v) is 8.70. The van der Waals surface area contributed by atoms with Gasteiger partial charge in [0.15, 0.2) is 5.82 Å². The molecule has 1 fully saturated rings. The molecule has 7 heteroatoms. The van der Waals surface area contributed by atoms with Gasteiger partial charge in [-0.15, -0.1) is 0 Å². The highest BCUT2D eigenvalue weighted by Crippen LogP contribution is 2.19. The Kier molecular flexibility index (Phi) is 4.97. The highest BCUT2D eigenvalue weighted by molar-refractivity contribution is 7.85. The Bertz CT molecular complexity index is 631. The molecule has 0 aliphatic carbocycles. The van der Waals surface area contributed by atoms with Crippen LogP contribution in [0.15, 0.2) is 35.2 Å². The second kappa shape index (κ2) is 7.13. The lowest BCUT2D eigenvalue weighted by molar-refractivity contribution is -0.0321. The van der Waals surface area contributed by atoms with Gasteiger partial charge in [-0.2, -0.15) is 5.10 Å². The molecule has 0 amide bonds. The van der Waals surface area contributed by atoms with E-state index < -0.39 is 10.8 Å². The summed E-state index contributed by atoms with van der Waals surface area (Å²) in [5.74, 6) is 2.12. The van der Waals surface area contributed by atoms with Crippen molar-refractivity contribution in [2.75, 3.05) is 32.0 Å². The molecule has 2 atom stereocenters. The fourth-order valence-electron chi connectivity index (χ4n) is 2.47. The molecule has 2 aromatic rings. The number of H-pyrrole nitrogens is 1. The number of aromatic amines is 1. The topological polar surface area (TPSA) is 71.1 Å². The number of hydrogen-bond donors (Lipinski definition) is 1. The van der Waals surface area contributed by atoms with Gasteiger partial charge in [0.1, 0.15) is 11.9 Å². The molecule has 1 aromatic heterocycles. The second-order valence-electron chi connectivity index (χ2n) is 5.30. The second-order valence-corrected chi connectivity index (χ2v) is 6.87. The van der Waals surface area contributed by atoms with Gasteiger partial charge in [-0.3, -0.25) is 14.2 Å². The minimum atomic E-state index is -0.957. The van der Waals surface area contributed by atoms with Crippen molar-refractivity contribution in [2.24, 2.45) is 0 Å². The Labute approximate surface area is 132 Å². The van der Waals surface area contributed by atoms with E-state index in [0.717, 1.165) is 30.4 Å². The van der Waals surface area contributed by atoms with Crippen molar-refractivity contribution in [2.45, 2.75) is 17.9 Å². The summed E-state index contributed by atoms with van der Waals surface area (Å²) in [6.07, 6.45) is -0.108. The van der Waals surface area contributed by atoms with E-state index in [1.54, 1.807) is 0 Å². The van der Waals surface area contributed by atoms with Crippen molar-refractivity contribution in [3.05, 3.63) is 42.0 Å². The number of morpholine rings is 1. The van der Waals surface area contributed by atoms with E-state index in [2.05, 4.69) is 20.1 Å². The van der Waals surface area contributed by atoms with Crippen LogP contribution in [0.4, 0.5) is 0 Å². The average Bonchev–Trinajstić information content (AvgIpc) is 3.00. The van der Waals surface area contributed by atoms with Gasteiger partial charge < -0.3 is 4.74 Å². The van der Waals surface area contributed by atoms with Crippen molar-refractivity contribution in [1.82, 2.24) is 20.1 Å². The van der Waals surface area contributed by atoms with Gasteiger partial charge >= 0.3 is 0 Å². The molecule has 22 heavy (non-hydrogen) atoms. The number of nitrogens with zero attached hydrogens (tertiary/aromatic N) is 3. The van der Waals surface area contributed by atoms with Crippen molar-refractivity contribution in [1.29, 1.82) is 0 Å². The molecule has 3 rings (SSSR count). The quantitative estimate of drug-likeness (QED) is 0.899. The third kappa shape index (κ3) is 3.79. The summed E-state index contributed by atoms with van der Waals surface area (Å²) in [5, 5.41) is 7.01. The Morgan fingerprint density at radius 1 is 1.41 bits per heavy atom. The molecule has 1 aliphatic heterocycles. The SMILES string of the molecule is Cc1nc([C@H]2CN(CC[S@@](=O)c3ccccc3)CCO2)n[nH]1. The standard InChI is InChI=1S/C15H20N4O2S/c1-12-16-15(18-17-12)14-11-19(7-9-21-14)8-10-22(20)13-5-3-2-4-6-13/h2-6,14H,7-11H2,1H3,(H,16,17,18)/t14-,22-/m1/s1. The maximum Gasteiger partial charge on any atom is 0.180 e. The number of ether oxygens (including phenoxy) is 1. The fraction of sp³-hybridized carbons (Fsp3) is 0.467. The molecule has 2 heterocycles. The first-order chi connectivity index (χ1) is 10.7. The van der Waals surface area contributed by atoms with Gasteiger partial charge in [0.2, 0.25) is 0 Å². The number of benzene rings is 1. The number of nitrogens with one attached hydrogen (secondary N) is 1. The molecule has 1 aliphatic rings. The zero-order chi connectivity index (χ0) is 15.4. The van der Waals surface area contributed by atoms with Crippen LogP contribution in [0.25, 0.3) is 0 Å². The van der Waals surface area contributed by atoms with Crippen LogP contribution >= 0.6 is 0 Å². The molecule has 0 radical (unpaired) electrons. The van der Waals surface area contributed by atoms with Crippen molar-refractivity contribution < 1.29 is 8.95 Å². The molecule has 0 bridgehead atoms. The summed E-state index contributed by atoms with van der Waals surface area (Å²) in [5.41, 5.74) is 0. The van der Waals surface area contributed by atoms with Crippen molar-refractivity contribution in [3.8, 4) is 0 Å². The van der Waals surface area contributed by atoms with Gasteiger partial charge in [0, 0.05) is 30.3 Å². The first kappa shape index (κ1) is 15.3. The van der Waals surface area contributed by atoms with Gasteiger partial charge in [-0.1, -0.05) is 18.2 Å². The molecule has 0 spiro atoms. The van der Waals surface area contributed by atoms with Crippen LogP contribution in [0.2, 0.25) is 0 Å². The van der Waals surface area contributed by atoms with E-state index in [4.69, 9.17) is 4.74 Å². The van der Waals surface area contributed by atoms with E-state index in [9.17, 15) is 4.21 Å². The molecular formula is C15H20N4O2S.